The predicted molar refractivity (Wildman–Crippen MR) is 62.1 cm³/mol. The van der Waals surface area contributed by atoms with E-state index in [2.05, 4.69) is 15.0 Å². The summed E-state index contributed by atoms with van der Waals surface area (Å²) in [4.78, 5) is 30.0. The van der Waals surface area contributed by atoms with Crippen LogP contribution in [0.25, 0.3) is 11.2 Å². The molecule has 18 heavy (non-hydrogen) atoms. The molecule has 10 heteroatoms. The van der Waals surface area contributed by atoms with Gasteiger partial charge in [-0.05, 0) is 0 Å². The van der Waals surface area contributed by atoms with Crippen LogP contribution in [-0.2, 0) is 4.57 Å². The first-order valence-electron chi connectivity index (χ1n) is 4.92. The van der Waals surface area contributed by atoms with Crippen molar-refractivity contribution in [3.63, 3.8) is 0 Å². The van der Waals surface area contributed by atoms with Crippen molar-refractivity contribution in [2.45, 2.75) is 6.42 Å². The highest BCUT2D eigenvalue weighted by molar-refractivity contribution is 7.55. The average Bonchev–Trinajstić information content (AvgIpc) is 2.69. The van der Waals surface area contributed by atoms with E-state index >= 15 is 0 Å². The molecule has 0 amide bonds. The van der Waals surface area contributed by atoms with Crippen LogP contribution >= 0.6 is 7.60 Å². The van der Waals surface area contributed by atoms with E-state index in [0.717, 1.165) is 4.57 Å². The van der Waals surface area contributed by atoms with Gasteiger partial charge in [0, 0.05) is 13.0 Å². The molecule has 0 saturated carbocycles. The monoisotopic (exact) mass is 272 g/mol. The van der Waals surface area contributed by atoms with E-state index < -0.39 is 14.2 Å². The van der Waals surface area contributed by atoms with Gasteiger partial charge in [0.25, 0.3) is 0 Å². The maximum atomic E-state index is 11.4. The van der Waals surface area contributed by atoms with Gasteiger partial charge in [-0.25, -0.2) is 15.0 Å². The van der Waals surface area contributed by atoms with Gasteiger partial charge >= 0.3 is 7.60 Å². The highest BCUT2D eigenvalue weighted by atomic mass is 31.2. The van der Waals surface area contributed by atoms with Crippen LogP contribution in [0.1, 0.15) is 6.42 Å². The molecule has 9 nitrogen and oxygen atoms in total. The molecule has 0 aliphatic carbocycles. The quantitative estimate of drug-likeness (QED) is 0.534. The molecule has 0 spiro atoms. The van der Waals surface area contributed by atoms with Crippen molar-refractivity contribution in [3.8, 4) is 0 Å². The molecule has 2 heterocycles. The SMILES string of the molecule is Nc1ncnc2c1ncn2[C](CCO)P(=O)(O)O. The van der Waals surface area contributed by atoms with Crippen LogP contribution < -0.4 is 5.73 Å². The van der Waals surface area contributed by atoms with E-state index in [-0.39, 0.29) is 29.2 Å². The molecule has 2 aromatic rings. The van der Waals surface area contributed by atoms with Gasteiger partial charge in [-0.2, -0.15) is 0 Å². The number of aliphatic hydroxyl groups excluding tert-OH is 1. The summed E-state index contributed by atoms with van der Waals surface area (Å²) in [5.41, 5.74) is 6.01. The number of nitrogens with two attached hydrogens (primary N) is 1. The second kappa shape index (κ2) is 4.62. The molecule has 5 N–H and O–H groups in total. The summed E-state index contributed by atoms with van der Waals surface area (Å²) in [6.45, 7) is -0.402. The Morgan fingerprint density at radius 1 is 1.39 bits per heavy atom. The van der Waals surface area contributed by atoms with E-state index in [1.807, 2.05) is 0 Å². The van der Waals surface area contributed by atoms with Gasteiger partial charge in [0.2, 0.25) is 0 Å². The molecule has 0 aliphatic rings. The lowest BCUT2D eigenvalue weighted by atomic mass is 10.4. The number of hydrogen-bond acceptors (Lipinski definition) is 6. The summed E-state index contributed by atoms with van der Waals surface area (Å²) in [5, 5.41) is 8.87. The van der Waals surface area contributed by atoms with Crippen LogP contribution in [0.15, 0.2) is 12.7 Å². The van der Waals surface area contributed by atoms with Crippen molar-refractivity contribution in [3.05, 3.63) is 18.4 Å². The number of aromatic nitrogens is 4. The minimum atomic E-state index is -4.52. The number of anilines is 1. The van der Waals surface area contributed by atoms with Crippen molar-refractivity contribution in [2.75, 3.05) is 12.3 Å². The molecular weight excluding hydrogens is 261 g/mol. The first kappa shape index (κ1) is 12.9. The molecule has 97 valence electrons. The van der Waals surface area contributed by atoms with Crippen LogP contribution in [-0.4, -0.2) is 41.0 Å². The Kier molecular flexibility index (Phi) is 3.31. The van der Waals surface area contributed by atoms with Crippen molar-refractivity contribution in [1.29, 1.82) is 0 Å². The highest BCUT2D eigenvalue weighted by Crippen LogP contribution is 2.50. The number of hydrogen-bond donors (Lipinski definition) is 4. The Morgan fingerprint density at radius 3 is 2.72 bits per heavy atom. The van der Waals surface area contributed by atoms with Gasteiger partial charge in [0.05, 0.1) is 6.33 Å². The van der Waals surface area contributed by atoms with Crippen molar-refractivity contribution < 1.29 is 19.5 Å². The number of imidazole rings is 1. The molecule has 0 bridgehead atoms. The lowest BCUT2D eigenvalue weighted by molar-refractivity contribution is 0.285. The first-order chi connectivity index (χ1) is 8.45. The maximum absolute atomic E-state index is 11.4. The summed E-state index contributed by atoms with van der Waals surface area (Å²) in [5.74, 6) is -0.168. The largest absolute Gasteiger partial charge is 0.396 e. The lowest BCUT2D eigenvalue weighted by Crippen LogP contribution is -2.12. The summed E-state index contributed by atoms with van der Waals surface area (Å²) >= 11 is 0. The molecule has 0 aromatic carbocycles. The topological polar surface area (TPSA) is 147 Å². The highest BCUT2D eigenvalue weighted by Gasteiger charge is 2.33. The molecule has 0 saturated heterocycles. The standard InChI is InChI=1S/C8H11N5O4P/c9-7-6-8(11-3-10-7)13(4-12-6)5(1-2-14)18(15,16)17/h3-4,14H,1-2H2,(H2,9,10,11)(H2,15,16,17). The molecule has 2 rings (SSSR count). The van der Waals surface area contributed by atoms with E-state index in [1.54, 1.807) is 0 Å². The van der Waals surface area contributed by atoms with Crippen molar-refractivity contribution in [2.24, 2.45) is 0 Å². The molecule has 0 unspecified atom stereocenters. The third-order valence-corrected chi connectivity index (χ3v) is 3.42. The first-order valence-corrected chi connectivity index (χ1v) is 6.53. The predicted octanol–water partition coefficient (Wildman–Crippen LogP) is -0.694. The molecule has 0 atom stereocenters. The maximum Gasteiger partial charge on any atom is 0.354 e. The minimum Gasteiger partial charge on any atom is -0.396 e. The van der Waals surface area contributed by atoms with Crippen LogP contribution in [0.5, 0.6) is 0 Å². The van der Waals surface area contributed by atoms with Gasteiger partial charge in [-0.15, -0.1) is 0 Å². The van der Waals surface area contributed by atoms with E-state index in [0.29, 0.717) is 0 Å². The van der Waals surface area contributed by atoms with Gasteiger partial charge in [-0.1, -0.05) is 0 Å². The number of fused-ring (bicyclic) bond motifs is 1. The molecule has 1 radical (unpaired) electrons. The molecule has 2 aromatic heterocycles. The second-order valence-electron chi connectivity index (χ2n) is 3.48. The second-order valence-corrected chi connectivity index (χ2v) is 5.08. The number of nitrogens with zero attached hydrogens (tertiary/aromatic N) is 4. The Labute approximate surface area is 101 Å². The van der Waals surface area contributed by atoms with E-state index in [4.69, 9.17) is 10.8 Å². The van der Waals surface area contributed by atoms with Crippen LogP contribution in [0, 0.1) is 5.78 Å². The molecule has 0 fully saturated rings. The smallest absolute Gasteiger partial charge is 0.354 e. The van der Waals surface area contributed by atoms with Gasteiger partial charge < -0.3 is 20.6 Å². The fourth-order valence-electron chi connectivity index (χ4n) is 1.55. The van der Waals surface area contributed by atoms with Crippen molar-refractivity contribution in [1.82, 2.24) is 19.5 Å². The Hall–Kier alpha value is -1.54. The Balaban J connectivity index is 2.58. The zero-order valence-corrected chi connectivity index (χ0v) is 10.0. The number of aliphatic hydroxyl groups is 1. The number of nitrogen functional groups attached to an aromatic ring is 1. The zero-order chi connectivity index (χ0) is 13.3. The summed E-state index contributed by atoms with van der Waals surface area (Å²) in [6.07, 6.45) is 2.17. The summed E-state index contributed by atoms with van der Waals surface area (Å²) in [6, 6.07) is 0. The minimum absolute atomic E-state index is 0.118. The van der Waals surface area contributed by atoms with Gasteiger partial charge in [-0.3, -0.25) is 9.13 Å². The van der Waals surface area contributed by atoms with E-state index in [9.17, 15) is 14.4 Å². The van der Waals surface area contributed by atoms with E-state index in [1.165, 1.54) is 12.7 Å². The lowest BCUT2D eigenvalue weighted by Gasteiger charge is -2.17. The Bertz CT molecular complexity index is 609. The average molecular weight is 272 g/mol. The fraction of sp³-hybridized carbons (Fsp3) is 0.250. The normalized spacial score (nSPS) is 12.4. The van der Waals surface area contributed by atoms with Gasteiger partial charge in [0.15, 0.2) is 17.2 Å². The third-order valence-electron chi connectivity index (χ3n) is 2.31. The summed E-state index contributed by atoms with van der Waals surface area (Å²) < 4.78 is 12.5. The zero-order valence-electron chi connectivity index (χ0n) is 9.13. The van der Waals surface area contributed by atoms with Crippen LogP contribution in [0.4, 0.5) is 5.82 Å². The Morgan fingerprint density at radius 2 is 2.11 bits per heavy atom. The molecule has 0 aliphatic heterocycles. The van der Waals surface area contributed by atoms with Crippen molar-refractivity contribution >= 4 is 24.6 Å². The van der Waals surface area contributed by atoms with Crippen LogP contribution in [0.2, 0.25) is 0 Å². The van der Waals surface area contributed by atoms with Crippen LogP contribution in [0.3, 0.4) is 0 Å². The fourth-order valence-corrected chi connectivity index (χ4v) is 2.37. The van der Waals surface area contributed by atoms with Gasteiger partial charge in [0.1, 0.15) is 11.8 Å². The molecular formula is C8H11N5O4P. The number of rotatable bonds is 4. The third kappa shape index (κ3) is 2.21. The summed E-state index contributed by atoms with van der Waals surface area (Å²) in [7, 11) is -4.52.